The zero-order valence-corrected chi connectivity index (χ0v) is 2.63. The van der Waals surface area contributed by atoms with Crippen molar-refractivity contribution >= 4 is 23.1 Å². The van der Waals surface area contributed by atoms with Gasteiger partial charge < -0.3 is 0 Å². The average molecular weight is 110 g/mol. The molecule has 0 saturated carbocycles. The van der Waals surface area contributed by atoms with Crippen molar-refractivity contribution < 1.29 is 13.2 Å². The quantitative estimate of drug-likeness (QED) is 0.402. The fraction of sp³-hybridized carbons (Fsp3) is 1.00. The fourth-order valence-electron chi connectivity index (χ4n) is 0. The summed E-state index contributed by atoms with van der Waals surface area (Å²) in [5.74, 6) is 0. The molecule has 36 valence electrons. The number of rotatable bonds is 0. The Morgan fingerprint density at radius 1 is 1.17 bits per heavy atom. The standard InChI is InChI=1S/C2H3F3.Mg.2H/c1-2(3,4)5;;;/h1H3;;;. The van der Waals surface area contributed by atoms with Gasteiger partial charge in [-0.2, -0.15) is 13.2 Å². The van der Waals surface area contributed by atoms with E-state index in [0.717, 1.165) is 0 Å². The molecule has 6 heavy (non-hydrogen) atoms. The smallest absolute Gasteiger partial charge is 0.172 e. The van der Waals surface area contributed by atoms with E-state index in [-0.39, 0.29) is 30.0 Å². The highest BCUT2D eigenvalue weighted by Crippen LogP contribution is 2.10. The van der Waals surface area contributed by atoms with Gasteiger partial charge in [0.2, 0.25) is 0 Å². The molecular weight excluding hydrogens is 105 g/mol. The van der Waals surface area contributed by atoms with Crippen LogP contribution in [0.4, 0.5) is 13.2 Å². The maximum Gasteiger partial charge on any atom is 0.386 e. The molecule has 0 N–H and O–H groups in total. The predicted molar refractivity (Wildman–Crippen MR) is 20.3 cm³/mol. The first-order valence-corrected chi connectivity index (χ1v) is 1.07. The molecule has 0 fully saturated rings. The molecule has 0 aliphatic rings. The molecule has 0 nitrogen and oxygen atoms in total. The maximum atomic E-state index is 10.4. The van der Waals surface area contributed by atoms with Crippen molar-refractivity contribution in [2.75, 3.05) is 0 Å². The molecule has 0 aromatic carbocycles. The van der Waals surface area contributed by atoms with Gasteiger partial charge in [0.15, 0.2) is 0 Å². The van der Waals surface area contributed by atoms with Crippen molar-refractivity contribution in [3.8, 4) is 0 Å². The predicted octanol–water partition coefficient (Wildman–Crippen LogP) is 0.652. The Kier molecular flexibility index (Phi) is 4.36. The van der Waals surface area contributed by atoms with Crippen molar-refractivity contribution in [2.45, 2.75) is 13.1 Å². The Bertz CT molecular complexity index is 24.3. The summed E-state index contributed by atoms with van der Waals surface area (Å²) in [5, 5.41) is 0. The summed E-state index contributed by atoms with van der Waals surface area (Å²) in [6.45, 7) is 0.188. The Balaban J connectivity index is 0. The van der Waals surface area contributed by atoms with Gasteiger partial charge >= 0.3 is 29.2 Å². The van der Waals surface area contributed by atoms with Crippen LogP contribution in [0.15, 0.2) is 0 Å². The molecule has 4 heteroatoms. The van der Waals surface area contributed by atoms with Crippen molar-refractivity contribution in [3.05, 3.63) is 0 Å². The number of alkyl halides is 3. The van der Waals surface area contributed by atoms with Crippen molar-refractivity contribution in [1.29, 1.82) is 0 Å². The Labute approximate surface area is 49.9 Å². The SMILES string of the molecule is CC(F)(F)F.[MgH2]. The van der Waals surface area contributed by atoms with Crippen LogP contribution in [-0.2, 0) is 0 Å². The Morgan fingerprint density at radius 2 is 1.17 bits per heavy atom. The van der Waals surface area contributed by atoms with E-state index in [1.807, 2.05) is 0 Å². The second-order valence-corrected chi connectivity index (χ2v) is 0.781. The van der Waals surface area contributed by atoms with E-state index in [9.17, 15) is 13.2 Å². The second kappa shape index (κ2) is 2.68. The van der Waals surface area contributed by atoms with Crippen LogP contribution in [0.2, 0.25) is 0 Å². The van der Waals surface area contributed by atoms with E-state index < -0.39 is 6.18 Å². The van der Waals surface area contributed by atoms with E-state index in [1.165, 1.54) is 0 Å². The molecule has 0 aliphatic heterocycles. The van der Waals surface area contributed by atoms with E-state index >= 15 is 0 Å². The average Bonchev–Trinajstić information content (AvgIpc) is 0.722. The third-order valence-electron chi connectivity index (χ3n) is 0. The lowest BCUT2D eigenvalue weighted by Gasteiger charge is -1.88. The lowest BCUT2D eigenvalue weighted by atomic mass is 10.8. The molecule has 0 atom stereocenters. The third-order valence-corrected chi connectivity index (χ3v) is 0. The number of hydrogen-bond acceptors (Lipinski definition) is 0. The zero-order chi connectivity index (χ0) is 4.50. The third kappa shape index (κ3) is 186. The van der Waals surface area contributed by atoms with E-state index in [2.05, 4.69) is 0 Å². The zero-order valence-electron chi connectivity index (χ0n) is 2.63. The van der Waals surface area contributed by atoms with Crippen LogP contribution >= 0.6 is 0 Å². The van der Waals surface area contributed by atoms with Gasteiger partial charge in [0.25, 0.3) is 0 Å². The van der Waals surface area contributed by atoms with E-state index in [1.54, 1.807) is 0 Å². The fourth-order valence-corrected chi connectivity index (χ4v) is 0. The molecule has 0 amide bonds. The second-order valence-electron chi connectivity index (χ2n) is 0.781. The van der Waals surface area contributed by atoms with Crippen molar-refractivity contribution in [2.24, 2.45) is 0 Å². The Hall–Kier alpha value is 0.556. The minimum atomic E-state index is -4.00. The molecular formula is C2H5F3Mg. The van der Waals surface area contributed by atoms with Crippen LogP contribution in [0, 0.1) is 0 Å². The highest BCUT2D eigenvalue weighted by molar-refractivity contribution is 5.75. The topological polar surface area (TPSA) is 0 Å². The molecule has 0 unspecified atom stereocenters. The summed E-state index contributed by atoms with van der Waals surface area (Å²) >= 11 is 0. The summed E-state index contributed by atoms with van der Waals surface area (Å²) in [6, 6.07) is 0. The minimum Gasteiger partial charge on any atom is -0.172 e. The first kappa shape index (κ1) is 9.75. The van der Waals surface area contributed by atoms with E-state index in [4.69, 9.17) is 0 Å². The summed E-state index contributed by atoms with van der Waals surface area (Å²) < 4.78 is 31.1. The molecule has 0 spiro atoms. The lowest BCUT2D eigenvalue weighted by molar-refractivity contribution is -0.110. The van der Waals surface area contributed by atoms with Crippen LogP contribution in [0.3, 0.4) is 0 Å². The molecule has 0 aliphatic carbocycles. The van der Waals surface area contributed by atoms with Crippen LogP contribution in [0.5, 0.6) is 0 Å². The molecule has 0 heterocycles. The van der Waals surface area contributed by atoms with Gasteiger partial charge in [0, 0.05) is 6.92 Å². The molecule has 0 aromatic heterocycles. The van der Waals surface area contributed by atoms with Crippen LogP contribution in [-0.4, -0.2) is 29.2 Å². The molecule has 0 aromatic rings. The van der Waals surface area contributed by atoms with Crippen LogP contribution < -0.4 is 0 Å². The summed E-state index contributed by atoms with van der Waals surface area (Å²) in [6.07, 6.45) is -4.00. The molecule has 0 radical (unpaired) electrons. The van der Waals surface area contributed by atoms with Gasteiger partial charge in [-0.15, -0.1) is 0 Å². The normalized spacial score (nSPS) is 10.0. The highest BCUT2D eigenvalue weighted by Gasteiger charge is 2.15. The van der Waals surface area contributed by atoms with E-state index in [0.29, 0.717) is 0 Å². The summed E-state index contributed by atoms with van der Waals surface area (Å²) in [4.78, 5) is 0. The summed E-state index contributed by atoms with van der Waals surface area (Å²) in [5.41, 5.74) is 0. The summed E-state index contributed by atoms with van der Waals surface area (Å²) in [7, 11) is 0. The van der Waals surface area contributed by atoms with Gasteiger partial charge in [-0.05, 0) is 0 Å². The number of hydrogen-bond donors (Lipinski definition) is 0. The van der Waals surface area contributed by atoms with Gasteiger partial charge in [-0.25, -0.2) is 0 Å². The van der Waals surface area contributed by atoms with Crippen LogP contribution in [0.1, 0.15) is 6.92 Å². The van der Waals surface area contributed by atoms with Gasteiger partial charge in [0.1, 0.15) is 0 Å². The van der Waals surface area contributed by atoms with Crippen LogP contribution in [0.25, 0.3) is 0 Å². The molecule has 0 saturated heterocycles. The Morgan fingerprint density at radius 3 is 1.17 bits per heavy atom. The number of halogens is 3. The maximum absolute atomic E-state index is 10.4. The van der Waals surface area contributed by atoms with Crippen molar-refractivity contribution in [1.82, 2.24) is 0 Å². The lowest BCUT2D eigenvalue weighted by Crippen LogP contribution is -1.95. The van der Waals surface area contributed by atoms with Crippen molar-refractivity contribution in [3.63, 3.8) is 0 Å². The van der Waals surface area contributed by atoms with Gasteiger partial charge in [-0.3, -0.25) is 0 Å². The van der Waals surface area contributed by atoms with Gasteiger partial charge in [-0.1, -0.05) is 0 Å². The molecule has 0 bridgehead atoms. The monoisotopic (exact) mass is 110 g/mol. The molecule has 0 rings (SSSR count). The first-order valence-electron chi connectivity index (χ1n) is 1.07. The first-order chi connectivity index (χ1) is 2.00. The largest absolute Gasteiger partial charge is 0.386 e. The minimum absolute atomic E-state index is 0. The highest BCUT2D eigenvalue weighted by atomic mass is 24.3. The van der Waals surface area contributed by atoms with Gasteiger partial charge in [0.05, 0.1) is 0 Å².